The molecule has 1 amide bonds. The van der Waals surface area contributed by atoms with Gasteiger partial charge in [0.1, 0.15) is 0 Å². The lowest BCUT2D eigenvalue weighted by atomic mass is 9.79. The molecule has 3 N–H and O–H groups in total. The highest BCUT2D eigenvalue weighted by molar-refractivity contribution is 5.83. The van der Waals surface area contributed by atoms with Crippen molar-refractivity contribution in [2.45, 2.75) is 18.8 Å². The minimum absolute atomic E-state index is 0.0511. The van der Waals surface area contributed by atoms with E-state index in [0.717, 1.165) is 0 Å². The Balaban J connectivity index is 1.76. The average molecular weight is 338 g/mol. The van der Waals surface area contributed by atoms with E-state index in [9.17, 15) is 4.79 Å². The van der Waals surface area contributed by atoms with Crippen LogP contribution >= 0.6 is 0 Å². The number of hydrogen-bond acceptors (Lipinski definition) is 3. The van der Waals surface area contributed by atoms with Gasteiger partial charge in [-0.1, -0.05) is 60.7 Å². The van der Waals surface area contributed by atoms with Crippen molar-refractivity contribution in [1.29, 1.82) is 0 Å². The third-order valence-corrected chi connectivity index (χ3v) is 5.19. The van der Waals surface area contributed by atoms with Crippen LogP contribution in [0, 0.1) is 5.41 Å². The van der Waals surface area contributed by atoms with Crippen molar-refractivity contribution >= 4 is 5.91 Å². The molecule has 1 saturated heterocycles. The van der Waals surface area contributed by atoms with Crippen LogP contribution in [0.5, 0.6) is 0 Å². The highest BCUT2D eigenvalue weighted by atomic mass is 16.5. The van der Waals surface area contributed by atoms with Crippen LogP contribution in [0.1, 0.15) is 29.9 Å². The van der Waals surface area contributed by atoms with E-state index in [1.807, 2.05) is 36.4 Å². The number of carbonyl (C=O) groups excluding carboxylic acids is 1. The third kappa shape index (κ3) is 4.09. The standard InChI is InChI=1S/C21H26N2O2/c22-16-21(11-13-25-14-12-21)20(24)23-15-19(17-7-3-1-4-8-17)18-9-5-2-6-10-18/h1-10,19H,11-16,22H2,(H,23,24). The second-order valence-corrected chi connectivity index (χ2v) is 6.68. The zero-order valence-electron chi connectivity index (χ0n) is 14.5. The second kappa shape index (κ2) is 8.28. The van der Waals surface area contributed by atoms with Crippen LogP contribution < -0.4 is 11.1 Å². The molecule has 0 atom stereocenters. The van der Waals surface area contributed by atoms with Crippen molar-refractivity contribution in [1.82, 2.24) is 5.32 Å². The third-order valence-electron chi connectivity index (χ3n) is 5.19. The number of amides is 1. The SMILES string of the molecule is NCC1(C(=O)NCC(c2ccccc2)c2ccccc2)CCOCC1. The van der Waals surface area contributed by atoms with Crippen LogP contribution in [0.4, 0.5) is 0 Å². The quantitative estimate of drug-likeness (QED) is 0.851. The van der Waals surface area contributed by atoms with Crippen molar-refractivity contribution in [2.75, 3.05) is 26.3 Å². The van der Waals surface area contributed by atoms with Gasteiger partial charge in [-0.05, 0) is 24.0 Å². The molecule has 1 fully saturated rings. The van der Waals surface area contributed by atoms with Crippen LogP contribution in [0.15, 0.2) is 60.7 Å². The minimum Gasteiger partial charge on any atom is -0.381 e. The predicted octanol–water partition coefficient (Wildman–Crippen LogP) is 2.69. The summed E-state index contributed by atoms with van der Waals surface area (Å²) in [5.41, 5.74) is 7.86. The number of nitrogens with one attached hydrogen (secondary N) is 1. The van der Waals surface area contributed by atoms with Crippen LogP contribution in [-0.2, 0) is 9.53 Å². The summed E-state index contributed by atoms with van der Waals surface area (Å²) in [5, 5.41) is 3.17. The lowest BCUT2D eigenvalue weighted by Gasteiger charge is -2.35. The van der Waals surface area contributed by atoms with Gasteiger partial charge in [0.25, 0.3) is 0 Å². The molecular weight excluding hydrogens is 312 g/mol. The Kier molecular flexibility index (Phi) is 5.84. The molecule has 4 nitrogen and oxygen atoms in total. The molecule has 1 aliphatic heterocycles. The highest BCUT2D eigenvalue weighted by Crippen LogP contribution is 2.30. The van der Waals surface area contributed by atoms with Gasteiger partial charge in [-0.25, -0.2) is 0 Å². The molecule has 4 heteroatoms. The zero-order chi connectivity index (χ0) is 17.5. The predicted molar refractivity (Wildman–Crippen MR) is 99.3 cm³/mol. The largest absolute Gasteiger partial charge is 0.381 e. The van der Waals surface area contributed by atoms with Gasteiger partial charge in [-0.2, -0.15) is 0 Å². The van der Waals surface area contributed by atoms with Crippen LogP contribution in [-0.4, -0.2) is 32.2 Å². The van der Waals surface area contributed by atoms with Gasteiger partial charge >= 0.3 is 0 Å². The molecule has 0 saturated carbocycles. The Morgan fingerprint density at radius 2 is 1.52 bits per heavy atom. The molecule has 25 heavy (non-hydrogen) atoms. The summed E-state index contributed by atoms with van der Waals surface area (Å²) in [6.07, 6.45) is 1.38. The van der Waals surface area contributed by atoms with Crippen LogP contribution in [0.3, 0.4) is 0 Å². The number of carbonyl (C=O) groups is 1. The summed E-state index contributed by atoms with van der Waals surface area (Å²) in [7, 11) is 0. The maximum absolute atomic E-state index is 12.9. The minimum atomic E-state index is -0.490. The first-order valence-corrected chi connectivity index (χ1v) is 8.91. The summed E-state index contributed by atoms with van der Waals surface area (Å²) >= 11 is 0. The molecular formula is C21H26N2O2. The fraction of sp³-hybridized carbons (Fsp3) is 0.381. The number of benzene rings is 2. The molecule has 0 unspecified atom stereocenters. The van der Waals surface area contributed by atoms with Crippen LogP contribution in [0.25, 0.3) is 0 Å². The van der Waals surface area contributed by atoms with E-state index in [1.54, 1.807) is 0 Å². The number of nitrogens with two attached hydrogens (primary N) is 1. The van der Waals surface area contributed by atoms with E-state index < -0.39 is 5.41 Å². The highest BCUT2D eigenvalue weighted by Gasteiger charge is 2.38. The Labute approximate surface area is 149 Å². The maximum atomic E-state index is 12.9. The van der Waals surface area contributed by atoms with Crippen LogP contribution in [0.2, 0.25) is 0 Å². The molecule has 3 rings (SSSR count). The summed E-state index contributed by atoms with van der Waals surface area (Å²) in [6, 6.07) is 20.6. The molecule has 2 aromatic carbocycles. The Hall–Kier alpha value is -2.17. The van der Waals surface area contributed by atoms with Gasteiger partial charge in [0.2, 0.25) is 5.91 Å². The zero-order valence-corrected chi connectivity index (χ0v) is 14.5. The van der Waals surface area contributed by atoms with Crippen molar-refractivity contribution in [3.05, 3.63) is 71.8 Å². The fourth-order valence-corrected chi connectivity index (χ4v) is 3.47. The van der Waals surface area contributed by atoms with Gasteiger partial charge in [-0.15, -0.1) is 0 Å². The van der Waals surface area contributed by atoms with Gasteiger partial charge in [-0.3, -0.25) is 4.79 Å². The van der Waals surface area contributed by atoms with Gasteiger partial charge in [0.05, 0.1) is 5.41 Å². The smallest absolute Gasteiger partial charge is 0.227 e. The topological polar surface area (TPSA) is 64.4 Å². The summed E-state index contributed by atoms with van der Waals surface area (Å²) in [6.45, 7) is 2.13. The van der Waals surface area contributed by atoms with Gasteiger partial charge in [0.15, 0.2) is 0 Å². The lowest BCUT2D eigenvalue weighted by Crippen LogP contribution is -2.50. The van der Waals surface area contributed by atoms with E-state index >= 15 is 0 Å². The number of rotatable bonds is 6. The molecule has 0 spiro atoms. The normalized spacial score (nSPS) is 16.6. The van der Waals surface area contributed by atoms with Gasteiger partial charge in [0, 0.05) is 32.2 Å². The average Bonchev–Trinajstić information content (AvgIpc) is 2.70. The summed E-state index contributed by atoms with van der Waals surface area (Å²) < 4.78 is 5.41. The molecule has 0 aliphatic carbocycles. The van der Waals surface area contributed by atoms with E-state index in [-0.39, 0.29) is 11.8 Å². The number of hydrogen-bond donors (Lipinski definition) is 2. The van der Waals surface area contributed by atoms with Crippen molar-refractivity contribution in [3.8, 4) is 0 Å². The molecule has 1 aliphatic rings. The molecule has 1 heterocycles. The van der Waals surface area contributed by atoms with E-state index in [1.165, 1.54) is 11.1 Å². The molecule has 0 radical (unpaired) electrons. The monoisotopic (exact) mass is 338 g/mol. The van der Waals surface area contributed by atoms with Crippen molar-refractivity contribution < 1.29 is 9.53 Å². The Bertz CT molecular complexity index is 627. The summed E-state index contributed by atoms with van der Waals surface area (Å²) in [5.74, 6) is 0.177. The fourth-order valence-electron chi connectivity index (χ4n) is 3.47. The molecule has 132 valence electrons. The first kappa shape index (κ1) is 17.6. The Morgan fingerprint density at radius 3 is 2.00 bits per heavy atom. The van der Waals surface area contributed by atoms with E-state index in [4.69, 9.17) is 10.5 Å². The molecule has 0 aromatic heterocycles. The van der Waals surface area contributed by atoms with Crippen molar-refractivity contribution in [2.24, 2.45) is 11.1 Å². The molecule has 2 aromatic rings. The van der Waals surface area contributed by atoms with E-state index in [0.29, 0.717) is 39.1 Å². The summed E-state index contributed by atoms with van der Waals surface area (Å²) in [4.78, 5) is 12.9. The van der Waals surface area contributed by atoms with Crippen molar-refractivity contribution in [3.63, 3.8) is 0 Å². The van der Waals surface area contributed by atoms with Gasteiger partial charge < -0.3 is 15.8 Å². The molecule has 0 bridgehead atoms. The second-order valence-electron chi connectivity index (χ2n) is 6.68. The maximum Gasteiger partial charge on any atom is 0.227 e. The lowest BCUT2D eigenvalue weighted by molar-refractivity contribution is -0.135. The number of ether oxygens (including phenoxy) is 1. The van der Waals surface area contributed by atoms with E-state index in [2.05, 4.69) is 29.6 Å². The first-order chi connectivity index (χ1) is 12.2. The Morgan fingerprint density at radius 1 is 1.00 bits per heavy atom. The first-order valence-electron chi connectivity index (χ1n) is 8.91.